The van der Waals surface area contributed by atoms with E-state index in [2.05, 4.69) is 16.0 Å². The summed E-state index contributed by atoms with van der Waals surface area (Å²) in [6, 6.07) is 10.7. The van der Waals surface area contributed by atoms with Crippen molar-refractivity contribution < 1.29 is 18.4 Å². The highest BCUT2D eigenvalue weighted by atomic mass is 35.5. The summed E-state index contributed by atoms with van der Waals surface area (Å²) >= 11 is 18.0. The van der Waals surface area contributed by atoms with Crippen LogP contribution in [0, 0.1) is 5.82 Å². The molecule has 1 heterocycles. The van der Waals surface area contributed by atoms with Crippen LogP contribution in [0.2, 0.25) is 15.1 Å². The molecule has 6 nitrogen and oxygen atoms in total. The third kappa shape index (κ3) is 5.77. The first-order valence-corrected chi connectivity index (χ1v) is 10.2. The van der Waals surface area contributed by atoms with Crippen LogP contribution in [-0.2, 0) is 11.3 Å². The molecule has 0 saturated heterocycles. The quantitative estimate of drug-likeness (QED) is 0.434. The molecule has 0 aliphatic rings. The van der Waals surface area contributed by atoms with Crippen molar-refractivity contribution >= 4 is 52.3 Å². The van der Waals surface area contributed by atoms with Crippen molar-refractivity contribution in [1.29, 1.82) is 0 Å². The van der Waals surface area contributed by atoms with Crippen LogP contribution in [0.4, 0.5) is 10.1 Å². The lowest BCUT2D eigenvalue weighted by molar-refractivity contribution is -0.115. The number of hydrogen-bond donors (Lipinski definition) is 3. The molecule has 0 bridgehead atoms. The zero-order valence-electron chi connectivity index (χ0n) is 16.2. The summed E-state index contributed by atoms with van der Waals surface area (Å²) in [5.41, 5.74) is 0.730. The number of rotatable bonds is 7. The molecule has 162 valence electrons. The zero-order chi connectivity index (χ0) is 22.5. The highest BCUT2D eigenvalue weighted by Gasteiger charge is 2.16. The van der Waals surface area contributed by atoms with Gasteiger partial charge in [-0.05, 0) is 42.5 Å². The van der Waals surface area contributed by atoms with E-state index in [1.165, 1.54) is 13.1 Å². The monoisotopic (exact) mass is 483 g/mol. The number of anilines is 1. The Morgan fingerprint density at radius 3 is 2.55 bits per heavy atom. The van der Waals surface area contributed by atoms with Gasteiger partial charge >= 0.3 is 0 Å². The summed E-state index contributed by atoms with van der Waals surface area (Å²) in [6.45, 7) is 0.175. The van der Waals surface area contributed by atoms with Crippen molar-refractivity contribution in [3.8, 4) is 11.3 Å². The van der Waals surface area contributed by atoms with Gasteiger partial charge in [0.1, 0.15) is 17.3 Å². The van der Waals surface area contributed by atoms with E-state index in [0.717, 1.165) is 6.07 Å². The van der Waals surface area contributed by atoms with Gasteiger partial charge in [0.25, 0.3) is 5.91 Å². The Balaban J connectivity index is 1.60. The van der Waals surface area contributed by atoms with Gasteiger partial charge in [-0.15, -0.1) is 0 Å². The van der Waals surface area contributed by atoms with E-state index >= 15 is 0 Å². The second-order valence-corrected chi connectivity index (χ2v) is 7.68. The Bertz CT molecular complexity index is 1130. The largest absolute Gasteiger partial charge is 0.460 e. The Morgan fingerprint density at radius 2 is 1.81 bits per heavy atom. The molecule has 0 aliphatic heterocycles. The molecule has 3 rings (SSSR count). The van der Waals surface area contributed by atoms with Crippen molar-refractivity contribution in [2.75, 3.05) is 18.9 Å². The van der Waals surface area contributed by atoms with Gasteiger partial charge in [0.05, 0.1) is 34.4 Å². The minimum Gasteiger partial charge on any atom is -0.460 e. The lowest BCUT2D eigenvalue weighted by Crippen LogP contribution is -2.29. The summed E-state index contributed by atoms with van der Waals surface area (Å²) < 4.78 is 19.4. The van der Waals surface area contributed by atoms with Crippen LogP contribution in [0.1, 0.15) is 16.1 Å². The Kier molecular flexibility index (Phi) is 7.56. The first kappa shape index (κ1) is 23.1. The van der Waals surface area contributed by atoms with Crippen LogP contribution in [-0.4, -0.2) is 25.4 Å². The number of furan rings is 1. The summed E-state index contributed by atoms with van der Waals surface area (Å²) in [6.07, 6.45) is 0. The lowest BCUT2D eigenvalue weighted by Gasteiger charge is -2.11. The van der Waals surface area contributed by atoms with Gasteiger partial charge in [-0.25, -0.2) is 4.39 Å². The summed E-state index contributed by atoms with van der Waals surface area (Å²) in [7, 11) is 1.40. The molecular formula is C21H17Cl3FN3O3. The normalized spacial score (nSPS) is 10.7. The van der Waals surface area contributed by atoms with Crippen molar-refractivity contribution in [1.82, 2.24) is 10.6 Å². The van der Waals surface area contributed by atoms with Crippen LogP contribution in [0.25, 0.3) is 11.3 Å². The topological polar surface area (TPSA) is 83.4 Å². The molecule has 3 N–H and O–H groups in total. The molecule has 0 saturated carbocycles. The summed E-state index contributed by atoms with van der Waals surface area (Å²) in [5.74, 6) is -0.636. The number of carbonyl (C=O) groups excluding carboxylic acids is 2. The van der Waals surface area contributed by atoms with E-state index in [-0.39, 0.29) is 29.4 Å². The van der Waals surface area contributed by atoms with Gasteiger partial charge in [-0.1, -0.05) is 34.8 Å². The summed E-state index contributed by atoms with van der Waals surface area (Å²) in [4.78, 5) is 24.2. The number of nitrogens with one attached hydrogen (secondary N) is 3. The third-order valence-corrected chi connectivity index (χ3v) is 5.10. The van der Waals surface area contributed by atoms with Crippen molar-refractivity contribution in [2.24, 2.45) is 0 Å². The average Bonchev–Trinajstić information content (AvgIpc) is 3.20. The Hall–Kier alpha value is -2.58. The fraction of sp³-hybridized carbons (Fsp3) is 0.143. The molecule has 0 spiro atoms. The van der Waals surface area contributed by atoms with Gasteiger partial charge in [0.15, 0.2) is 0 Å². The van der Waals surface area contributed by atoms with Gasteiger partial charge in [0, 0.05) is 17.6 Å². The lowest BCUT2D eigenvalue weighted by atomic mass is 10.1. The number of hydrogen-bond acceptors (Lipinski definition) is 4. The molecule has 0 unspecified atom stereocenters. The van der Waals surface area contributed by atoms with Crippen LogP contribution in [0.5, 0.6) is 0 Å². The average molecular weight is 485 g/mol. The summed E-state index contributed by atoms with van der Waals surface area (Å²) in [5, 5.41) is 8.69. The fourth-order valence-electron chi connectivity index (χ4n) is 2.77. The van der Waals surface area contributed by atoms with E-state index in [0.29, 0.717) is 27.1 Å². The second kappa shape index (κ2) is 10.2. The highest BCUT2D eigenvalue weighted by molar-refractivity contribution is 6.35. The predicted molar refractivity (Wildman–Crippen MR) is 119 cm³/mol. The number of carbonyl (C=O) groups is 2. The van der Waals surface area contributed by atoms with Gasteiger partial charge < -0.3 is 20.4 Å². The van der Waals surface area contributed by atoms with E-state index in [9.17, 15) is 14.0 Å². The van der Waals surface area contributed by atoms with E-state index < -0.39 is 17.6 Å². The maximum Gasteiger partial charge on any atom is 0.253 e. The van der Waals surface area contributed by atoms with Gasteiger partial charge in [0.2, 0.25) is 5.91 Å². The van der Waals surface area contributed by atoms with Crippen molar-refractivity contribution in [2.45, 2.75) is 6.54 Å². The van der Waals surface area contributed by atoms with Gasteiger partial charge in [-0.3, -0.25) is 9.59 Å². The number of halogens is 4. The minimum atomic E-state index is -0.759. The van der Waals surface area contributed by atoms with Crippen molar-refractivity contribution in [3.05, 3.63) is 74.7 Å². The number of benzene rings is 2. The smallest absolute Gasteiger partial charge is 0.253 e. The minimum absolute atomic E-state index is 0.0353. The van der Waals surface area contributed by atoms with E-state index in [4.69, 9.17) is 39.2 Å². The first-order valence-electron chi connectivity index (χ1n) is 9.04. The molecule has 10 heteroatoms. The fourth-order valence-corrected chi connectivity index (χ4v) is 3.32. The van der Waals surface area contributed by atoms with Crippen LogP contribution in [0.3, 0.4) is 0 Å². The molecule has 31 heavy (non-hydrogen) atoms. The maximum absolute atomic E-state index is 13.7. The number of amides is 2. The highest BCUT2D eigenvalue weighted by Crippen LogP contribution is 2.31. The van der Waals surface area contributed by atoms with Crippen LogP contribution >= 0.6 is 34.8 Å². The predicted octanol–water partition coefficient (Wildman–Crippen LogP) is 5.13. The second-order valence-electron chi connectivity index (χ2n) is 6.43. The van der Waals surface area contributed by atoms with E-state index in [1.807, 2.05) is 0 Å². The molecule has 0 fully saturated rings. The third-order valence-electron chi connectivity index (χ3n) is 4.25. The molecule has 0 aliphatic carbocycles. The first-order chi connectivity index (χ1) is 14.8. The molecular weight excluding hydrogens is 468 g/mol. The molecule has 0 atom stereocenters. The zero-order valence-corrected chi connectivity index (χ0v) is 18.5. The Labute approximate surface area is 192 Å². The molecule has 1 aromatic heterocycles. The van der Waals surface area contributed by atoms with E-state index in [1.54, 1.807) is 30.3 Å². The Morgan fingerprint density at radius 1 is 1.03 bits per heavy atom. The maximum atomic E-state index is 13.7. The standard InChI is InChI=1S/C21H17Cl3FN3O3/c1-26-21(30)14-7-17(25)16(24)8-18(14)28-20(29)10-27-9-12-3-5-19(31-12)13-6-11(22)2-4-15(13)23/h2-8,27H,9-10H2,1H3,(H,26,30)(H,28,29). The van der Waals surface area contributed by atoms with Crippen LogP contribution in [0.15, 0.2) is 46.9 Å². The molecule has 2 amide bonds. The molecule has 2 aromatic carbocycles. The van der Waals surface area contributed by atoms with Gasteiger partial charge in [-0.2, -0.15) is 0 Å². The molecule has 3 aromatic rings. The molecule has 0 radical (unpaired) electrons. The van der Waals surface area contributed by atoms with Crippen LogP contribution < -0.4 is 16.0 Å². The van der Waals surface area contributed by atoms with Crippen molar-refractivity contribution in [3.63, 3.8) is 0 Å². The SMILES string of the molecule is CNC(=O)c1cc(F)c(Cl)cc1NC(=O)CNCc1ccc(-c2cc(Cl)ccc2Cl)o1.